The molecule has 0 aromatic heterocycles. The second-order valence-electron chi connectivity index (χ2n) is 6.14. The molecule has 28 heavy (non-hydrogen) atoms. The van der Waals surface area contributed by atoms with Gasteiger partial charge in [0, 0.05) is 23.7 Å². The van der Waals surface area contributed by atoms with Crippen molar-refractivity contribution in [2.75, 3.05) is 32.0 Å². The van der Waals surface area contributed by atoms with Gasteiger partial charge in [-0.15, -0.1) is 0 Å². The van der Waals surface area contributed by atoms with Crippen LogP contribution in [-0.4, -0.2) is 45.8 Å². The van der Waals surface area contributed by atoms with Crippen molar-refractivity contribution in [2.24, 2.45) is 4.99 Å². The number of nitrogens with zero attached hydrogens (tertiary/aromatic N) is 2. The first-order valence-corrected chi connectivity index (χ1v) is 10.9. The number of sulfonamides is 1. The summed E-state index contributed by atoms with van der Waals surface area (Å²) in [6.45, 7) is 1.69. The van der Waals surface area contributed by atoms with E-state index in [4.69, 9.17) is 9.47 Å². The number of hydrogen-bond acceptors (Lipinski definition) is 7. The number of benzene rings is 2. The number of hydrogen-bond donors (Lipinski definition) is 1. The summed E-state index contributed by atoms with van der Waals surface area (Å²) >= 11 is 1.61. The number of anilines is 1. The molecule has 0 amide bonds. The highest BCUT2D eigenvalue weighted by Crippen LogP contribution is 2.35. The van der Waals surface area contributed by atoms with Crippen LogP contribution in [0.1, 0.15) is 5.56 Å². The molecule has 146 valence electrons. The fourth-order valence-electron chi connectivity index (χ4n) is 3.05. The first kappa shape index (κ1) is 18.7. The fraction of sp³-hybridized carbons (Fsp3) is 0.211. The van der Waals surface area contributed by atoms with Crippen LogP contribution in [-0.2, 0) is 10.0 Å². The summed E-state index contributed by atoms with van der Waals surface area (Å²) < 4.78 is 38.4. The van der Waals surface area contributed by atoms with E-state index in [1.807, 2.05) is 12.1 Å². The molecule has 2 aromatic carbocycles. The molecule has 0 bridgehead atoms. The summed E-state index contributed by atoms with van der Waals surface area (Å²) in [5, 5.41) is 3.09. The first-order valence-electron chi connectivity index (χ1n) is 8.56. The van der Waals surface area contributed by atoms with E-state index in [1.54, 1.807) is 30.0 Å². The number of rotatable bonds is 6. The second-order valence-corrected chi connectivity index (χ2v) is 8.66. The molecule has 0 spiro atoms. The number of aliphatic imine (C=N–C) groups is 1. The Bertz CT molecular complexity index is 1060. The van der Waals surface area contributed by atoms with E-state index in [9.17, 15) is 8.42 Å². The van der Waals surface area contributed by atoms with Crippen molar-refractivity contribution in [3.05, 3.63) is 53.4 Å². The van der Waals surface area contributed by atoms with Crippen molar-refractivity contribution in [3.8, 4) is 11.5 Å². The average molecular weight is 418 g/mol. The van der Waals surface area contributed by atoms with Gasteiger partial charge in [0.25, 0.3) is 10.0 Å². The lowest BCUT2D eigenvalue weighted by Gasteiger charge is -2.17. The molecule has 2 aliphatic heterocycles. The van der Waals surface area contributed by atoms with E-state index in [0.29, 0.717) is 17.2 Å². The van der Waals surface area contributed by atoms with Crippen LogP contribution in [0, 0.1) is 0 Å². The van der Waals surface area contributed by atoms with Crippen molar-refractivity contribution in [2.45, 2.75) is 4.90 Å². The molecule has 2 aromatic rings. The molecule has 1 N–H and O–H groups in total. The van der Waals surface area contributed by atoms with Gasteiger partial charge in [0.15, 0.2) is 16.7 Å². The number of nitrogens with one attached hydrogen (secondary N) is 1. The Kier molecular flexibility index (Phi) is 4.94. The summed E-state index contributed by atoms with van der Waals surface area (Å²) in [7, 11) is -0.785. The molecule has 0 atom stereocenters. The number of ether oxygens (including phenoxy) is 2. The van der Waals surface area contributed by atoms with Crippen LogP contribution in [0.25, 0.3) is 5.70 Å². The van der Waals surface area contributed by atoms with Gasteiger partial charge < -0.3 is 14.4 Å². The largest absolute Gasteiger partial charge is 0.493 e. The van der Waals surface area contributed by atoms with Crippen LogP contribution in [0.5, 0.6) is 11.5 Å². The smallest absolute Gasteiger partial charge is 0.262 e. The molecule has 0 aliphatic carbocycles. The van der Waals surface area contributed by atoms with Gasteiger partial charge in [-0.2, -0.15) is 0 Å². The second kappa shape index (κ2) is 7.40. The molecule has 2 aliphatic rings. The molecule has 9 heteroatoms. The lowest BCUT2D eigenvalue weighted by molar-refractivity contribution is 0.354. The lowest BCUT2D eigenvalue weighted by atomic mass is 10.1. The fourth-order valence-corrected chi connectivity index (χ4v) is 5.09. The van der Waals surface area contributed by atoms with Gasteiger partial charge >= 0.3 is 0 Å². The molecule has 2 heterocycles. The highest BCUT2D eigenvalue weighted by Gasteiger charge is 2.27. The molecular weight excluding hydrogens is 398 g/mol. The van der Waals surface area contributed by atoms with Crippen LogP contribution in [0.4, 0.5) is 5.69 Å². The first-order chi connectivity index (χ1) is 13.5. The Hall–Kier alpha value is -2.65. The van der Waals surface area contributed by atoms with Gasteiger partial charge in [-0.3, -0.25) is 9.71 Å². The van der Waals surface area contributed by atoms with E-state index >= 15 is 0 Å². The maximum absolute atomic E-state index is 12.7. The van der Waals surface area contributed by atoms with E-state index < -0.39 is 10.0 Å². The quantitative estimate of drug-likeness (QED) is 0.777. The van der Waals surface area contributed by atoms with E-state index in [-0.39, 0.29) is 4.90 Å². The minimum atomic E-state index is -3.75. The number of thioether (sulfide) groups is 1. The van der Waals surface area contributed by atoms with Crippen molar-refractivity contribution in [3.63, 3.8) is 0 Å². The molecule has 4 rings (SSSR count). The van der Waals surface area contributed by atoms with Gasteiger partial charge in [-0.1, -0.05) is 23.9 Å². The van der Waals surface area contributed by atoms with Gasteiger partial charge in [0.1, 0.15) is 0 Å². The predicted octanol–water partition coefficient (Wildman–Crippen LogP) is 3.22. The summed E-state index contributed by atoms with van der Waals surface area (Å²) in [6.07, 6.45) is 0. The van der Waals surface area contributed by atoms with E-state index in [1.165, 1.54) is 26.4 Å². The normalized spacial score (nSPS) is 15.7. The third kappa shape index (κ3) is 3.43. The monoisotopic (exact) mass is 417 g/mol. The molecule has 7 nitrogen and oxygen atoms in total. The molecular formula is C19H19N3O4S2. The van der Waals surface area contributed by atoms with Crippen molar-refractivity contribution in [1.82, 2.24) is 4.90 Å². The van der Waals surface area contributed by atoms with Crippen molar-refractivity contribution in [1.29, 1.82) is 0 Å². The molecule has 0 saturated heterocycles. The number of amidine groups is 1. The highest BCUT2D eigenvalue weighted by atomic mass is 32.2. The van der Waals surface area contributed by atoms with Crippen LogP contribution in [0.15, 0.2) is 57.8 Å². The van der Waals surface area contributed by atoms with E-state index in [0.717, 1.165) is 29.5 Å². The summed E-state index contributed by atoms with van der Waals surface area (Å²) in [5.74, 6) is 0.827. The van der Waals surface area contributed by atoms with Crippen LogP contribution < -0.4 is 14.2 Å². The van der Waals surface area contributed by atoms with Gasteiger partial charge in [0.05, 0.1) is 31.4 Å². The third-order valence-corrected chi connectivity index (χ3v) is 6.75. The maximum Gasteiger partial charge on any atom is 0.262 e. The zero-order chi connectivity index (χ0) is 19.7. The molecule has 0 saturated carbocycles. The molecule has 0 unspecified atom stereocenters. The average Bonchev–Trinajstić information content (AvgIpc) is 3.31. The Morgan fingerprint density at radius 3 is 2.54 bits per heavy atom. The van der Waals surface area contributed by atoms with Crippen LogP contribution in [0.3, 0.4) is 0 Å². The van der Waals surface area contributed by atoms with E-state index in [2.05, 4.69) is 20.0 Å². The molecule has 0 radical (unpaired) electrons. The summed E-state index contributed by atoms with van der Waals surface area (Å²) in [4.78, 5) is 6.72. The zero-order valence-corrected chi connectivity index (χ0v) is 17.0. The summed E-state index contributed by atoms with van der Waals surface area (Å²) in [6, 6.07) is 11.8. The third-order valence-electron chi connectivity index (χ3n) is 4.47. The van der Waals surface area contributed by atoms with Crippen molar-refractivity contribution >= 4 is 38.3 Å². The Morgan fingerprint density at radius 1 is 1.07 bits per heavy atom. The zero-order valence-electron chi connectivity index (χ0n) is 15.4. The van der Waals surface area contributed by atoms with Gasteiger partial charge in [-0.25, -0.2) is 8.42 Å². The van der Waals surface area contributed by atoms with Crippen LogP contribution >= 0.6 is 11.8 Å². The maximum atomic E-state index is 12.7. The molecule has 0 fully saturated rings. The SMILES string of the molecule is COc1ccc(S(=O)(=O)Nc2ccc(C3=CSC4=NCCN34)cc2)cc1OC. The minimum absolute atomic E-state index is 0.0991. The van der Waals surface area contributed by atoms with Crippen molar-refractivity contribution < 1.29 is 17.9 Å². The number of methoxy groups -OCH3 is 2. The van der Waals surface area contributed by atoms with Crippen LogP contribution in [0.2, 0.25) is 0 Å². The minimum Gasteiger partial charge on any atom is -0.493 e. The standard InChI is InChI=1S/C19H19N3O4S2/c1-25-17-8-7-15(11-18(17)26-2)28(23,24)21-14-5-3-13(4-6-14)16-12-27-19-20-9-10-22(16)19/h3-8,11-12,21H,9-10H2,1-2H3. The summed E-state index contributed by atoms with van der Waals surface area (Å²) in [5.41, 5.74) is 2.60. The van der Waals surface area contributed by atoms with Gasteiger partial charge in [-0.05, 0) is 29.8 Å². The van der Waals surface area contributed by atoms with Gasteiger partial charge in [0.2, 0.25) is 0 Å². The lowest BCUT2D eigenvalue weighted by Crippen LogP contribution is -2.19. The predicted molar refractivity (Wildman–Crippen MR) is 111 cm³/mol. The Labute approximate surface area is 168 Å². The Morgan fingerprint density at radius 2 is 1.82 bits per heavy atom. The highest BCUT2D eigenvalue weighted by molar-refractivity contribution is 8.16. The topological polar surface area (TPSA) is 80.2 Å². The number of fused-ring (bicyclic) bond motifs is 1. The Balaban J connectivity index is 1.53.